The van der Waals surface area contributed by atoms with E-state index in [0.717, 1.165) is 22.7 Å². The highest BCUT2D eigenvalue weighted by atomic mass is 32.1. The fourth-order valence-electron chi connectivity index (χ4n) is 3.10. The zero-order chi connectivity index (χ0) is 16.5. The van der Waals surface area contributed by atoms with Crippen LogP contribution in [-0.4, -0.2) is 27.5 Å². The molecule has 1 aliphatic rings. The van der Waals surface area contributed by atoms with Crippen molar-refractivity contribution in [2.24, 2.45) is 0 Å². The van der Waals surface area contributed by atoms with Crippen molar-refractivity contribution in [3.63, 3.8) is 0 Å². The number of carbonyl (C=O) groups is 1. The van der Waals surface area contributed by atoms with Crippen LogP contribution in [0, 0.1) is 0 Å². The van der Waals surface area contributed by atoms with E-state index < -0.39 is 0 Å². The van der Waals surface area contributed by atoms with Gasteiger partial charge in [-0.1, -0.05) is 12.1 Å². The van der Waals surface area contributed by atoms with Crippen molar-refractivity contribution in [3.8, 4) is 5.75 Å². The van der Waals surface area contributed by atoms with Crippen LogP contribution in [0.25, 0.3) is 0 Å². The van der Waals surface area contributed by atoms with Crippen molar-refractivity contribution in [1.29, 1.82) is 0 Å². The van der Waals surface area contributed by atoms with E-state index in [9.17, 15) is 4.79 Å². The summed E-state index contributed by atoms with van der Waals surface area (Å²) in [6.45, 7) is 1.20. The van der Waals surface area contributed by atoms with Crippen LogP contribution < -0.4 is 4.74 Å². The van der Waals surface area contributed by atoms with Crippen LogP contribution in [0.3, 0.4) is 0 Å². The molecule has 0 aliphatic carbocycles. The lowest BCUT2D eigenvalue weighted by Crippen LogP contribution is -2.41. The third-order valence-corrected chi connectivity index (χ3v) is 5.05. The fraction of sp³-hybridized carbons (Fsp3) is 0.222. The van der Waals surface area contributed by atoms with Crippen LogP contribution in [0.4, 0.5) is 0 Å². The van der Waals surface area contributed by atoms with Crippen LogP contribution in [0.5, 0.6) is 5.75 Å². The van der Waals surface area contributed by atoms with E-state index in [2.05, 4.69) is 9.55 Å². The first kappa shape index (κ1) is 15.0. The summed E-state index contributed by atoms with van der Waals surface area (Å²) < 4.78 is 7.46. The maximum absolute atomic E-state index is 13.0. The van der Waals surface area contributed by atoms with Gasteiger partial charge in [0.05, 0.1) is 25.3 Å². The summed E-state index contributed by atoms with van der Waals surface area (Å²) in [6.07, 6.45) is 3.76. The Bertz CT molecular complexity index is 857. The van der Waals surface area contributed by atoms with Gasteiger partial charge in [-0.2, -0.15) is 11.3 Å². The first-order chi connectivity index (χ1) is 11.8. The number of hydrogen-bond donors (Lipinski definition) is 0. The van der Waals surface area contributed by atoms with Crippen molar-refractivity contribution in [2.75, 3.05) is 7.11 Å². The first-order valence-electron chi connectivity index (χ1n) is 7.73. The second kappa shape index (κ2) is 6.13. The summed E-state index contributed by atoms with van der Waals surface area (Å²) >= 11 is 1.53. The van der Waals surface area contributed by atoms with Crippen LogP contribution >= 0.6 is 11.3 Å². The summed E-state index contributed by atoms with van der Waals surface area (Å²) in [4.78, 5) is 19.3. The van der Waals surface area contributed by atoms with E-state index >= 15 is 0 Å². The SMILES string of the molecule is COc1cccc(C2Cn3ccnc3CN2C(=O)c2ccsc2)c1. The molecule has 4 rings (SSSR count). The van der Waals surface area contributed by atoms with Crippen molar-refractivity contribution >= 4 is 17.2 Å². The van der Waals surface area contributed by atoms with Crippen LogP contribution in [0.1, 0.15) is 27.8 Å². The zero-order valence-electron chi connectivity index (χ0n) is 13.3. The van der Waals surface area contributed by atoms with Gasteiger partial charge in [-0.25, -0.2) is 4.98 Å². The van der Waals surface area contributed by atoms with Crippen molar-refractivity contribution in [3.05, 3.63) is 70.4 Å². The lowest BCUT2D eigenvalue weighted by atomic mass is 10.0. The molecule has 3 aromatic rings. The monoisotopic (exact) mass is 339 g/mol. The fourth-order valence-corrected chi connectivity index (χ4v) is 3.73. The topological polar surface area (TPSA) is 47.4 Å². The molecule has 0 radical (unpaired) electrons. The number of hydrogen-bond acceptors (Lipinski definition) is 4. The summed E-state index contributed by atoms with van der Waals surface area (Å²) in [6, 6.07) is 9.75. The van der Waals surface area contributed by atoms with E-state index in [1.165, 1.54) is 11.3 Å². The number of carbonyl (C=O) groups excluding carboxylic acids is 1. The Balaban J connectivity index is 1.74. The number of ether oxygens (including phenoxy) is 1. The Morgan fingerprint density at radius 2 is 2.29 bits per heavy atom. The van der Waals surface area contributed by atoms with Gasteiger partial charge in [0.1, 0.15) is 11.6 Å². The van der Waals surface area contributed by atoms with E-state index in [1.54, 1.807) is 13.3 Å². The third kappa shape index (κ3) is 2.59. The molecule has 1 unspecified atom stereocenters. The normalized spacial score (nSPS) is 16.7. The maximum Gasteiger partial charge on any atom is 0.255 e. The second-order valence-corrected chi connectivity index (χ2v) is 6.51. The summed E-state index contributed by atoms with van der Waals surface area (Å²) in [5.74, 6) is 1.75. The Kier molecular flexibility index (Phi) is 3.82. The summed E-state index contributed by atoms with van der Waals surface area (Å²) in [5, 5.41) is 3.82. The van der Waals surface area contributed by atoms with Gasteiger partial charge >= 0.3 is 0 Å². The molecule has 5 nitrogen and oxygen atoms in total. The predicted molar refractivity (Wildman–Crippen MR) is 92.2 cm³/mol. The Labute approximate surface area is 144 Å². The van der Waals surface area contributed by atoms with E-state index in [4.69, 9.17) is 4.74 Å². The average Bonchev–Trinajstić information content (AvgIpc) is 3.31. The van der Waals surface area contributed by atoms with Gasteiger partial charge in [0.25, 0.3) is 5.91 Å². The minimum Gasteiger partial charge on any atom is -0.497 e. The van der Waals surface area contributed by atoms with Crippen LogP contribution in [0.2, 0.25) is 0 Å². The molecule has 0 spiro atoms. The number of methoxy groups -OCH3 is 1. The minimum absolute atomic E-state index is 0.0401. The number of nitrogens with zero attached hydrogens (tertiary/aromatic N) is 3. The minimum atomic E-state index is -0.0470. The van der Waals surface area contributed by atoms with Crippen molar-refractivity contribution in [2.45, 2.75) is 19.1 Å². The number of rotatable bonds is 3. The highest BCUT2D eigenvalue weighted by molar-refractivity contribution is 7.08. The third-order valence-electron chi connectivity index (χ3n) is 4.37. The molecule has 3 heterocycles. The lowest BCUT2D eigenvalue weighted by Gasteiger charge is -2.36. The predicted octanol–water partition coefficient (Wildman–Crippen LogP) is 3.35. The van der Waals surface area contributed by atoms with Crippen molar-refractivity contribution < 1.29 is 9.53 Å². The largest absolute Gasteiger partial charge is 0.497 e. The molecule has 24 heavy (non-hydrogen) atoms. The average molecular weight is 339 g/mol. The van der Waals surface area contributed by atoms with Crippen LogP contribution in [-0.2, 0) is 13.1 Å². The zero-order valence-corrected chi connectivity index (χ0v) is 14.1. The number of benzene rings is 1. The van der Waals surface area contributed by atoms with Crippen LogP contribution in [0.15, 0.2) is 53.5 Å². The summed E-state index contributed by atoms with van der Waals surface area (Å²) in [5.41, 5.74) is 1.80. The molecule has 0 saturated carbocycles. The number of thiophene rings is 1. The van der Waals surface area contributed by atoms with E-state index in [-0.39, 0.29) is 11.9 Å². The quantitative estimate of drug-likeness (QED) is 0.735. The van der Waals surface area contributed by atoms with E-state index in [0.29, 0.717) is 13.1 Å². The Hall–Kier alpha value is -2.60. The lowest BCUT2D eigenvalue weighted by molar-refractivity contribution is 0.0584. The number of imidazole rings is 1. The molecule has 6 heteroatoms. The van der Waals surface area contributed by atoms with Gasteiger partial charge in [-0.3, -0.25) is 4.79 Å². The molecule has 122 valence electrons. The van der Waals surface area contributed by atoms with Gasteiger partial charge in [0, 0.05) is 24.3 Å². The molecule has 1 aromatic carbocycles. The Morgan fingerprint density at radius 1 is 1.38 bits per heavy atom. The number of fused-ring (bicyclic) bond motifs is 1. The Morgan fingerprint density at radius 3 is 3.08 bits per heavy atom. The molecule has 0 fully saturated rings. The smallest absolute Gasteiger partial charge is 0.255 e. The molecule has 1 aliphatic heterocycles. The molecule has 1 atom stereocenters. The first-order valence-corrected chi connectivity index (χ1v) is 8.67. The second-order valence-electron chi connectivity index (χ2n) is 5.73. The molecule has 0 bridgehead atoms. The maximum atomic E-state index is 13.0. The molecular weight excluding hydrogens is 322 g/mol. The molecule has 0 saturated heterocycles. The van der Waals surface area contributed by atoms with Gasteiger partial charge in [0.2, 0.25) is 0 Å². The number of amides is 1. The van der Waals surface area contributed by atoms with E-state index in [1.807, 2.05) is 52.2 Å². The molecular formula is C18H17N3O2S. The molecule has 0 N–H and O–H groups in total. The summed E-state index contributed by atoms with van der Waals surface area (Å²) in [7, 11) is 1.65. The standard InChI is InChI=1S/C18H17N3O2S/c1-23-15-4-2-3-13(9-15)16-10-20-7-6-19-17(20)11-21(16)18(22)14-5-8-24-12-14/h2-9,12,16H,10-11H2,1H3. The highest BCUT2D eigenvalue weighted by Crippen LogP contribution is 2.32. The van der Waals surface area contributed by atoms with Gasteiger partial charge in [-0.05, 0) is 29.1 Å². The highest BCUT2D eigenvalue weighted by Gasteiger charge is 2.32. The van der Waals surface area contributed by atoms with Gasteiger partial charge in [-0.15, -0.1) is 0 Å². The van der Waals surface area contributed by atoms with Gasteiger partial charge in [0.15, 0.2) is 0 Å². The molecule has 2 aromatic heterocycles. The number of aromatic nitrogens is 2. The van der Waals surface area contributed by atoms with Crippen molar-refractivity contribution in [1.82, 2.24) is 14.5 Å². The molecule has 1 amide bonds. The van der Waals surface area contributed by atoms with Gasteiger partial charge < -0.3 is 14.2 Å².